The molecule has 0 N–H and O–H groups in total. The van der Waals surface area contributed by atoms with Crippen molar-refractivity contribution in [2.45, 2.75) is 147 Å². The normalized spacial score (nSPS) is 26.8. The Balaban J connectivity index is 0.809. The van der Waals surface area contributed by atoms with Gasteiger partial charge in [0.2, 0.25) is 6.71 Å². The molecule has 9 aromatic rings. The van der Waals surface area contributed by atoms with Crippen molar-refractivity contribution in [2.24, 2.45) is 0 Å². The van der Waals surface area contributed by atoms with Crippen LogP contribution in [-0.4, -0.2) is 71.2 Å². The molecule has 0 bridgehead atoms. The van der Waals surface area contributed by atoms with Gasteiger partial charge < -0.3 is 19.4 Å². The minimum Gasteiger partial charge on any atom is -0.491 e. The van der Waals surface area contributed by atoms with Crippen molar-refractivity contribution in [3.63, 3.8) is 0 Å². The van der Waals surface area contributed by atoms with Crippen LogP contribution in [0.2, 0.25) is 17.5 Å². The van der Waals surface area contributed by atoms with Crippen LogP contribution in [0.1, 0.15) is 77.0 Å². The van der Waals surface area contributed by atoms with Gasteiger partial charge in [0.1, 0.15) is 5.75 Å². The van der Waals surface area contributed by atoms with Crippen LogP contribution < -0.4 is 30.4 Å². The van der Waals surface area contributed by atoms with E-state index in [0.717, 1.165) is 37.9 Å². The van der Waals surface area contributed by atoms with E-state index in [-0.39, 0.29) is 42.0 Å². The van der Waals surface area contributed by atoms with Gasteiger partial charge in [-0.2, -0.15) is 11.8 Å². The summed E-state index contributed by atoms with van der Waals surface area (Å²) in [6, 6.07) is 94.4. The maximum Gasteiger partial charge on any atom is 0.225 e. The third-order valence-electron chi connectivity index (χ3n) is 23.3. The summed E-state index contributed by atoms with van der Waals surface area (Å²) in [6.07, 6.45) is 25.4. The summed E-state index contributed by atoms with van der Waals surface area (Å²) < 4.78 is 7.67. The predicted molar refractivity (Wildman–Crippen MR) is 389 cm³/mol. The second-order valence-electron chi connectivity index (χ2n) is 28.0. The van der Waals surface area contributed by atoms with E-state index in [1.165, 1.54) is 129 Å². The van der Waals surface area contributed by atoms with E-state index in [2.05, 4.69) is 298 Å². The number of benzene rings is 9. The van der Waals surface area contributed by atoms with Crippen LogP contribution in [0.15, 0.2) is 278 Å². The summed E-state index contributed by atoms with van der Waals surface area (Å²) >= 11 is 2.33. The van der Waals surface area contributed by atoms with E-state index in [4.69, 9.17) is 4.74 Å². The summed E-state index contributed by atoms with van der Waals surface area (Å²) in [5.41, 5.74) is 20.0. The predicted octanol–water partition coefficient (Wildman–Crippen LogP) is 18.8. The van der Waals surface area contributed by atoms with E-state index in [9.17, 15) is 0 Å². The molecule has 92 heavy (non-hydrogen) atoms. The van der Waals surface area contributed by atoms with Crippen LogP contribution in [0.4, 0.5) is 28.4 Å². The molecule has 454 valence electrons. The number of thioether (sulfide) groups is 1. The lowest BCUT2D eigenvalue weighted by Gasteiger charge is -2.61. The smallest absolute Gasteiger partial charge is 0.225 e. The molecule has 5 fully saturated rings. The number of para-hydroxylation sites is 4. The SMILES string of the molecule is C1=CCC(N(C2CCCCC2)C2CC3Oc4ccccc4B4C5=CC6B7c8ccccc8N(c8ccccc8)C8CC(N(c9ccc(-c%10ccccc%10)cc9)c9ccc(-c%10ccccc%10)cc9)CC(SC6C=C5N(c5ccccc5-c5ccccc5)C(C2)C43)C78)CC1. The van der Waals surface area contributed by atoms with Crippen LogP contribution in [-0.2, 0) is 0 Å². The zero-order chi connectivity index (χ0) is 60.6. The Hall–Kier alpha value is -8.16. The fourth-order valence-corrected chi connectivity index (χ4v) is 21.5. The molecular weight excluding hydrogens is 1130 g/mol. The molecule has 0 amide bonds. The number of nitrogens with zero attached hydrogens (tertiary/aromatic N) is 4. The Kier molecular flexibility index (Phi) is 14.8. The molecule has 3 saturated carbocycles. The first-order chi connectivity index (χ1) is 45.6. The molecule has 4 aliphatic heterocycles. The first-order valence-corrected chi connectivity index (χ1v) is 35.8. The van der Waals surface area contributed by atoms with Crippen molar-refractivity contribution >= 4 is 64.5 Å². The summed E-state index contributed by atoms with van der Waals surface area (Å²) in [7, 11) is 0. The molecule has 0 radical (unpaired) electrons. The zero-order valence-corrected chi connectivity index (χ0v) is 53.4. The van der Waals surface area contributed by atoms with Gasteiger partial charge in [0.05, 0.1) is 6.10 Å². The molecule has 9 aliphatic rings. The Bertz CT molecular complexity index is 4130. The fourth-order valence-electron chi connectivity index (χ4n) is 19.6. The standard InChI is InChI=1S/C84H80B2N4OS/c1-7-25-57(26-8-1)59-43-47-65(48-44-59)88(66-49-45-60(46-50-66)58-27-9-2-10-28-58)68-52-78-84-82(54-68)92-81-56-76-72(55-73(81)85(84)70-38-20-23-41-75(70)89(78)64-35-17-6-18-36-64)86-71-39-21-24-42-79(71)91-80-53-67(87(62-31-13-4-14-32-62)63-33-15-5-16-34-63)51-77(83(80)86)90(76)74-40-22-19-37-69(74)61-29-11-3-12-30-61/h1-4,6-13,17-30,35-50,55-56,62-63,67-68,73,77-78,80-84H,5,14-16,31-34,51-54H2. The highest BCUT2D eigenvalue weighted by atomic mass is 32.2. The van der Waals surface area contributed by atoms with E-state index in [1.807, 2.05) is 0 Å². The average molecular weight is 1220 g/mol. The van der Waals surface area contributed by atoms with Gasteiger partial charge in [-0.1, -0.05) is 236 Å². The molecule has 4 heterocycles. The van der Waals surface area contributed by atoms with Gasteiger partial charge >= 0.3 is 0 Å². The van der Waals surface area contributed by atoms with Crippen LogP contribution in [0.25, 0.3) is 33.4 Å². The van der Waals surface area contributed by atoms with Gasteiger partial charge in [0.25, 0.3) is 0 Å². The Morgan fingerprint density at radius 1 is 0.446 bits per heavy atom. The van der Waals surface area contributed by atoms with Crippen molar-refractivity contribution < 1.29 is 4.74 Å². The van der Waals surface area contributed by atoms with Crippen molar-refractivity contribution in [3.05, 3.63) is 278 Å². The largest absolute Gasteiger partial charge is 0.491 e. The lowest BCUT2D eigenvalue weighted by Crippen LogP contribution is -2.68. The first-order valence-electron chi connectivity index (χ1n) is 34.9. The Morgan fingerprint density at radius 3 is 1.72 bits per heavy atom. The fraction of sp³-hybridized carbons (Fsp3) is 0.286. The third kappa shape index (κ3) is 9.87. The van der Waals surface area contributed by atoms with Gasteiger partial charge in [-0.3, -0.25) is 4.90 Å². The topological polar surface area (TPSA) is 22.2 Å². The third-order valence-corrected chi connectivity index (χ3v) is 24.9. The minimum atomic E-state index is 0.0853. The lowest BCUT2D eigenvalue weighted by molar-refractivity contribution is -0.000817. The number of hydrogen-bond donors (Lipinski definition) is 0. The molecule has 18 rings (SSSR count). The molecule has 5 aliphatic carbocycles. The molecule has 2 saturated heterocycles. The van der Waals surface area contributed by atoms with Crippen LogP contribution in [0.5, 0.6) is 5.75 Å². The maximum absolute atomic E-state index is 7.67. The number of hydrogen-bond acceptors (Lipinski definition) is 6. The minimum absolute atomic E-state index is 0.0853. The van der Waals surface area contributed by atoms with E-state index >= 15 is 0 Å². The highest BCUT2D eigenvalue weighted by Gasteiger charge is 2.62. The van der Waals surface area contributed by atoms with Gasteiger partial charge in [-0.05, 0) is 163 Å². The molecule has 11 unspecified atom stereocenters. The van der Waals surface area contributed by atoms with Gasteiger partial charge in [0.15, 0.2) is 6.71 Å². The quantitative estimate of drug-likeness (QED) is 0.0944. The van der Waals surface area contributed by atoms with Gasteiger partial charge in [0, 0.05) is 92.3 Å². The first kappa shape index (κ1) is 56.6. The highest BCUT2D eigenvalue weighted by Crippen LogP contribution is 2.62. The molecule has 5 nitrogen and oxygen atoms in total. The van der Waals surface area contributed by atoms with Crippen LogP contribution in [0, 0.1) is 0 Å². The maximum atomic E-state index is 7.67. The van der Waals surface area contributed by atoms with E-state index in [0.29, 0.717) is 41.7 Å². The Labute approximate surface area is 550 Å². The van der Waals surface area contributed by atoms with E-state index in [1.54, 1.807) is 0 Å². The lowest BCUT2D eigenvalue weighted by atomic mass is 9.23. The van der Waals surface area contributed by atoms with Crippen molar-refractivity contribution in [1.29, 1.82) is 0 Å². The summed E-state index contributed by atoms with van der Waals surface area (Å²) in [6.45, 7) is 0.536. The molecule has 9 aromatic carbocycles. The van der Waals surface area contributed by atoms with Crippen molar-refractivity contribution in [3.8, 4) is 39.1 Å². The molecular formula is C84H80B2N4OS. The molecule has 0 aromatic heterocycles. The second-order valence-corrected chi connectivity index (χ2v) is 29.4. The monoisotopic (exact) mass is 1210 g/mol. The summed E-state index contributed by atoms with van der Waals surface area (Å²) in [5, 5.41) is 0.619. The highest BCUT2D eigenvalue weighted by molar-refractivity contribution is 8.01. The summed E-state index contributed by atoms with van der Waals surface area (Å²) in [4.78, 5) is 11.7. The van der Waals surface area contributed by atoms with Crippen LogP contribution >= 0.6 is 11.8 Å². The van der Waals surface area contributed by atoms with Crippen molar-refractivity contribution in [2.75, 3.05) is 14.7 Å². The summed E-state index contributed by atoms with van der Waals surface area (Å²) in [5.74, 6) is 2.08. The number of allylic oxidation sites excluding steroid dienone is 3. The zero-order valence-electron chi connectivity index (χ0n) is 52.6. The van der Waals surface area contributed by atoms with Gasteiger partial charge in [-0.25, -0.2) is 0 Å². The Morgan fingerprint density at radius 2 is 1.03 bits per heavy atom. The molecule has 8 heteroatoms. The van der Waals surface area contributed by atoms with Crippen LogP contribution in [0.3, 0.4) is 0 Å². The van der Waals surface area contributed by atoms with E-state index < -0.39 is 0 Å². The second kappa shape index (κ2) is 24.1. The number of anilines is 5. The molecule has 0 spiro atoms. The molecule has 11 atom stereocenters. The number of rotatable bonds is 11. The van der Waals surface area contributed by atoms with Crippen molar-refractivity contribution in [1.82, 2.24) is 4.90 Å². The average Bonchev–Trinajstić information content (AvgIpc) is 0.699. The van der Waals surface area contributed by atoms with Gasteiger partial charge in [-0.15, -0.1) is 0 Å². The number of ether oxygens (including phenoxy) is 1. The number of fused-ring (bicyclic) bond motifs is 8.